The topological polar surface area (TPSA) is 21.3 Å². The average Bonchev–Trinajstić information content (AvgIpc) is 2.42. The van der Waals surface area contributed by atoms with Crippen LogP contribution >= 0.6 is 11.6 Å². The van der Waals surface area contributed by atoms with Crippen molar-refractivity contribution in [2.24, 2.45) is 11.8 Å². The Morgan fingerprint density at radius 3 is 2.75 bits per heavy atom. The van der Waals surface area contributed by atoms with Gasteiger partial charge < -0.3 is 10.1 Å². The zero-order valence-electron chi connectivity index (χ0n) is 12.8. The maximum absolute atomic E-state index is 6.12. The number of anilines is 1. The molecule has 20 heavy (non-hydrogen) atoms. The van der Waals surface area contributed by atoms with Gasteiger partial charge >= 0.3 is 0 Å². The largest absolute Gasteiger partial charge is 0.491 e. The number of halogens is 1. The zero-order valence-corrected chi connectivity index (χ0v) is 13.5. The van der Waals surface area contributed by atoms with Crippen molar-refractivity contribution in [2.75, 3.05) is 11.9 Å². The summed E-state index contributed by atoms with van der Waals surface area (Å²) in [6, 6.07) is 6.37. The molecular formula is C17H26ClNO. The van der Waals surface area contributed by atoms with Gasteiger partial charge in [0.15, 0.2) is 0 Å². The van der Waals surface area contributed by atoms with Crippen molar-refractivity contribution in [3.63, 3.8) is 0 Å². The number of benzene rings is 1. The molecule has 0 aliphatic heterocycles. The van der Waals surface area contributed by atoms with Gasteiger partial charge in [0.2, 0.25) is 0 Å². The second-order valence-corrected chi connectivity index (χ2v) is 6.53. The summed E-state index contributed by atoms with van der Waals surface area (Å²) in [5.41, 5.74) is 1.04. The first-order valence-corrected chi connectivity index (χ1v) is 8.16. The van der Waals surface area contributed by atoms with E-state index in [2.05, 4.69) is 26.1 Å². The van der Waals surface area contributed by atoms with E-state index in [1.165, 1.54) is 19.3 Å². The Morgan fingerprint density at radius 1 is 1.25 bits per heavy atom. The monoisotopic (exact) mass is 295 g/mol. The third kappa shape index (κ3) is 4.05. The summed E-state index contributed by atoms with van der Waals surface area (Å²) in [6.07, 6.45) is 4.76. The normalized spacial score (nSPS) is 26.3. The molecule has 0 aromatic heterocycles. The number of ether oxygens (including phenoxy) is 1. The molecule has 3 heteroatoms. The van der Waals surface area contributed by atoms with E-state index in [9.17, 15) is 0 Å². The fourth-order valence-electron chi connectivity index (χ4n) is 2.85. The summed E-state index contributed by atoms with van der Waals surface area (Å²) in [6.45, 7) is 7.57. The lowest BCUT2D eigenvalue weighted by Gasteiger charge is -2.33. The molecule has 3 unspecified atom stereocenters. The Balaban J connectivity index is 2.05. The highest BCUT2D eigenvalue weighted by atomic mass is 35.5. The Morgan fingerprint density at radius 2 is 2.05 bits per heavy atom. The van der Waals surface area contributed by atoms with Crippen LogP contribution in [0.3, 0.4) is 0 Å². The summed E-state index contributed by atoms with van der Waals surface area (Å²) < 4.78 is 5.81. The van der Waals surface area contributed by atoms with E-state index >= 15 is 0 Å². The Kier molecular flexibility index (Phi) is 5.59. The fraction of sp³-hybridized carbons (Fsp3) is 0.647. The van der Waals surface area contributed by atoms with Crippen molar-refractivity contribution in [1.29, 1.82) is 0 Å². The number of hydrogen-bond donors (Lipinski definition) is 1. The average molecular weight is 296 g/mol. The van der Waals surface area contributed by atoms with Crippen LogP contribution in [-0.2, 0) is 0 Å². The molecule has 2 nitrogen and oxygen atoms in total. The first-order chi connectivity index (χ1) is 9.60. The number of hydrogen-bond acceptors (Lipinski definition) is 2. The molecular weight excluding hydrogens is 270 g/mol. The maximum Gasteiger partial charge on any atom is 0.142 e. The highest BCUT2D eigenvalue weighted by Gasteiger charge is 2.25. The molecule has 0 amide bonds. The van der Waals surface area contributed by atoms with Gasteiger partial charge in [0.05, 0.1) is 12.3 Å². The van der Waals surface area contributed by atoms with E-state index in [1.54, 1.807) is 0 Å². The molecule has 2 rings (SSSR count). The molecule has 1 saturated carbocycles. The lowest BCUT2D eigenvalue weighted by atomic mass is 9.79. The molecule has 1 fully saturated rings. The van der Waals surface area contributed by atoms with Crippen LogP contribution in [0.5, 0.6) is 5.75 Å². The third-order valence-corrected chi connectivity index (χ3v) is 4.60. The minimum Gasteiger partial charge on any atom is -0.491 e. The Bertz CT molecular complexity index is 435. The molecule has 3 atom stereocenters. The molecule has 0 spiro atoms. The lowest BCUT2D eigenvalue weighted by molar-refractivity contribution is 0.260. The van der Waals surface area contributed by atoms with Crippen LogP contribution in [0.2, 0.25) is 5.02 Å². The predicted octanol–water partition coefficient (Wildman–Crippen LogP) is 5.37. The van der Waals surface area contributed by atoms with Crippen LogP contribution in [0.1, 0.15) is 46.5 Å². The van der Waals surface area contributed by atoms with Gasteiger partial charge in [0.1, 0.15) is 5.75 Å². The zero-order chi connectivity index (χ0) is 14.5. The van der Waals surface area contributed by atoms with Crippen molar-refractivity contribution >= 4 is 17.3 Å². The van der Waals surface area contributed by atoms with Gasteiger partial charge in [0, 0.05) is 11.1 Å². The molecule has 1 aliphatic carbocycles. The molecule has 0 radical (unpaired) electrons. The Labute approximate surface area is 127 Å². The molecule has 112 valence electrons. The van der Waals surface area contributed by atoms with Crippen molar-refractivity contribution in [3.05, 3.63) is 23.2 Å². The number of nitrogens with one attached hydrogen (secondary N) is 1. The molecule has 1 aromatic rings. The van der Waals surface area contributed by atoms with Crippen LogP contribution < -0.4 is 10.1 Å². The summed E-state index contributed by atoms with van der Waals surface area (Å²) >= 11 is 6.12. The summed E-state index contributed by atoms with van der Waals surface area (Å²) in [5, 5.41) is 4.40. The van der Waals surface area contributed by atoms with Crippen molar-refractivity contribution in [2.45, 2.75) is 52.5 Å². The first kappa shape index (κ1) is 15.5. The van der Waals surface area contributed by atoms with Gasteiger partial charge in [0.25, 0.3) is 0 Å². The smallest absolute Gasteiger partial charge is 0.142 e. The number of rotatable bonds is 5. The summed E-state index contributed by atoms with van der Waals surface area (Å²) in [4.78, 5) is 0. The fourth-order valence-corrected chi connectivity index (χ4v) is 3.02. The van der Waals surface area contributed by atoms with Crippen molar-refractivity contribution in [3.8, 4) is 5.75 Å². The third-order valence-electron chi connectivity index (χ3n) is 4.36. The van der Waals surface area contributed by atoms with Gasteiger partial charge in [-0.3, -0.25) is 0 Å². The minimum absolute atomic E-state index is 0.531. The van der Waals surface area contributed by atoms with Crippen LogP contribution in [-0.4, -0.2) is 12.6 Å². The van der Waals surface area contributed by atoms with E-state index < -0.39 is 0 Å². The molecule has 0 heterocycles. The van der Waals surface area contributed by atoms with Crippen LogP contribution in [0.4, 0.5) is 5.69 Å². The minimum atomic E-state index is 0.531. The van der Waals surface area contributed by atoms with Gasteiger partial charge in [-0.1, -0.05) is 32.4 Å². The highest BCUT2D eigenvalue weighted by molar-refractivity contribution is 6.30. The SMILES string of the molecule is CCCOc1ccc(Cl)cc1NC1CCC(C)C(C)C1. The summed E-state index contributed by atoms with van der Waals surface area (Å²) in [5.74, 6) is 2.53. The maximum atomic E-state index is 6.12. The second-order valence-electron chi connectivity index (χ2n) is 6.10. The van der Waals surface area contributed by atoms with Crippen LogP contribution in [0.15, 0.2) is 18.2 Å². The van der Waals surface area contributed by atoms with E-state index in [0.29, 0.717) is 6.04 Å². The van der Waals surface area contributed by atoms with Crippen molar-refractivity contribution < 1.29 is 4.74 Å². The first-order valence-electron chi connectivity index (χ1n) is 7.79. The van der Waals surface area contributed by atoms with E-state index in [1.807, 2.05) is 18.2 Å². The summed E-state index contributed by atoms with van der Waals surface area (Å²) in [7, 11) is 0. The van der Waals surface area contributed by atoms with Crippen LogP contribution in [0, 0.1) is 11.8 Å². The standard InChI is InChI=1S/C17H26ClNO/c1-4-9-20-17-8-6-14(18)11-16(17)19-15-7-5-12(2)13(3)10-15/h6,8,11-13,15,19H,4-5,7,9-10H2,1-3H3. The van der Waals surface area contributed by atoms with E-state index in [-0.39, 0.29) is 0 Å². The molecule has 1 aliphatic rings. The van der Waals surface area contributed by atoms with E-state index in [0.717, 1.165) is 41.3 Å². The van der Waals surface area contributed by atoms with Gasteiger partial charge in [-0.2, -0.15) is 0 Å². The van der Waals surface area contributed by atoms with Gasteiger partial charge in [-0.25, -0.2) is 0 Å². The predicted molar refractivity (Wildman–Crippen MR) is 86.8 cm³/mol. The van der Waals surface area contributed by atoms with Gasteiger partial charge in [-0.05, 0) is 55.7 Å². The lowest BCUT2D eigenvalue weighted by Crippen LogP contribution is -2.30. The molecule has 1 N–H and O–H groups in total. The molecule has 0 saturated heterocycles. The second kappa shape index (κ2) is 7.21. The quantitative estimate of drug-likeness (QED) is 0.789. The highest BCUT2D eigenvalue weighted by Crippen LogP contribution is 2.34. The Hall–Kier alpha value is -0.890. The van der Waals surface area contributed by atoms with Gasteiger partial charge in [-0.15, -0.1) is 0 Å². The molecule has 0 bridgehead atoms. The van der Waals surface area contributed by atoms with E-state index in [4.69, 9.17) is 16.3 Å². The van der Waals surface area contributed by atoms with Crippen molar-refractivity contribution in [1.82, 2.24) is 0 Å². The van der Waals surface area contributed by atoms with Crippen LogP contribution in [0.25, 0.3) is 0 Å². The molecule has 1 aromatic carbocycles.